The third-order valence-corrected chi connectivity index (χ3v) is 4.63. The lowest BCUT2D eigenvalue weighted by molar-refractivity contribution is 0.295. The Hall–Kier alpha value is -0.730. The van der Waals surface area contributed by atoms with Gasteiger partial charge in [0, 0.05) is 6.04 Å². The highest BCUT2D eigenvalue weighted by molar-refractivity contribution is 6.32. The molecule has 2 aliphatic rings. The molecule has 20 heavy (non-hydrogen) atoms. The van der Waals surface area contributed by atoms with Gasteiger partial charge in [-0.25, -0.2) is 0 Å². The molecule has 3 rings (SSSR count). The average Bonchev–Trinajstić information content (AvgIpc) is 3.22. The van der Waals surface area contributed by atoms with Gasteiger partial charge < -0.3 is 10.5 Å². The van der Waals surface area contributed by atoms with Gasteiger partial charge in [0.15, 0.2) is 0 Å². The van der Waals surface area contributed by atoms with Crippen molar-refractivity contribution in [2.24, 2.45) is 11.7 Å². The molecule has 1 aromatic carbocycles. The summed E-state index contributed by atoms with van der Waals surface area (Å²) in [5, 5.41) is 0.780. The Morgan fingerprint density at radius 3 is 2.65 bits per heavy atom. The van der Waals surface area contributed by atoms with Crippen LogP contribution in [0.3, 0.4) is 0 Å². The molecular weight excluding hydrogens is 270 g/mol. The van der Waals surface area contributed by atoms with Gasteiger partial charge in [-0.15, -0.1) is 0 Å². The zero-order chi connectivity index (χ0) is 14.1. The van der Waals surface area contributed by atoms with Crippen LogP contribution in [0.4, 0.5) is 0 Å². The number of halogens is 1. The Morgan fingerprint density at radius 1 is 1.30 bits per heavy atom. The summed E-state index contributed by atoms with van der Waals surface area (Å²) < 4.78 is 6.06. The summed E-state index contributed by atoms with van der Waals surface area (Å²) in [5.41, 5.74) is 10.1. The van der Waals surface area contributed by atoms with Crippen molar-refractivity contribution in [3.63, 3.8) is 0 Å². The molecule has 1 aromatic rings. The highest BCUT2D eigenvalue weighted by Gasteiger charge is 2.25. The van der Waals surface area contributed by atoms with Crippen LogP contribution in [0.5, 0.6) is 5.75 Å². The molecule has 110 valence electrons. The van der Waals surface area contributed by atoms with E-state index in [1.54, 1.807) is 0 Å². The molecule has 1 unspecified atom stereocenters. The normalized spacial score (nSPS) is 19.6. The second kappa shape index (κ2) is 5.95. The summed E-state index contributed by atoms with van der Waals surface area (Å²) in [5.74, 6) is 1.72. The van der Waals surface area contributed by atoms with Crippen molar-refractivity contribution in [3.05, 3.63) is 27.8 Å². The fourth-order valence-electron chi connectivity index (χ4n) is 3.13. The Bertz CT molecular complexity index is 494. The molecule has 2 nitrogen and oxygen atoms in total. The van der Waals surface area contributed by atoms with E-state index in [-0.39, 0.29) is 6.04 Å². The van der Waals surface area contributed by atoms with Gasteiger partial charge in [0.2, 0.25) is 0 Å². The number of hydrogen-bond donors (Lipinski definition) is 1. The van der Waals surface area contributed by atoms with E-state index in [4.69, 9.17) is 22.1 Å². The topological polar surface area (TPSA) is 35.2 Å². The van der Waals surface area contributed by atoms with Gasteiger partial charge in [-0.1, -0.05) is 11.6 Å². The predicted molar refractivity (Wildman–Crippen MR) is 83.7 cm³/mol. The maximum absolute atomic E-state index is 6.49. The maximum atomic E-state index is 6.49. The fourth-order valence-corrected chi connectivity index (χ4v) is 3.43. The monoisotopic (exact) mass is 293 g/mol. The van der Waals surface area contributed by atoms with Gasteiger partial charge in [0.05, 0.1) is 11.6 Å². The molecule has 3 heteroatoms. The second-order valence-corrected chi connectivity index (χ2v) is 6.85. The van der Waals surface area contributed by atoms with E-state index in [0.29, 0.717) is 0 Å². The Kier molecular flexibility index (Phi) is 4.23. The Balaban J connectivity index is 1.92. The van der Waals surface area contributed by atoms with E-state index >= 15 is 0 Å². The minimum Gasteiger partial charge on any atom is -0.491 e. The molecule has 0 aliphatic heterocycles. The first-order chi connectivity index (χ1) is 9.65. The SMILES string of the molecule is CC(N)Cc1cc(Cl)c(OCC2CC2)c2c1CCCC2. The summed E-state index contributed by atoms with van der Waals surface area (Å²) in [6, 6.07) is 2.27. The number of fused-ring (bicyclic) bond motifs is 1. The van der Waals surface area contributed by atoms with E-state index < -0.39 is 0 Å². The zero-order valence-electron chi connectivity index (χ0n) is 12.3. The number of ether oxygens (including phenoxy) is 1. The van der Waals surface area contributed by atoms with Crippen LogP contribution in [-0.4, -0.2) is 12.6 Å². The van der Waals surface area contributed by atoms with Crippen LogP contribution in [0.2, 0.25) is 5.02 Å². The van der Waals surface area contributed by atoms with Gasteiger partial charge in [-0.2, -0.15) is 0 Å². The van der Waals surface area contributed by atoms with E-state index in [9.17, 15) is 0 Å². The van der Waals surface area contributed by atoms with Crippen LogP contribution < -0.4 is 10.5 Å². The molecule has 0 aromatic heterocycles. The van der Waals surface area contributed by atoms with Crippen molar-refractivity contribution in [2.75, 3.05) is 6.61 Å². The number of hydrogen-bond acceptors (Lipinski definition) is 2. The van der Waals surface area contributed by atoms with Crippen molar-refractivity contribution in [1.82, 2.24) is 0 Å². The molecule has 2 aliphatic carbocycles. The molecular formula is C17H24ClNO. The van der Waals surface area contributed by atoms with E-state index in [1.807, 2.05) is 0 Å². The predicted octanol–water partition coefficient (Wildman–Crippen LogP) is 3.90. The van der Waals surface area contributed by atoms with Gasteiger partial charge in [0.25, 0.3) is 0 Å². The molecule has 1 saturated carbocycles. The Labute approximate surface area is 126 Å². The molecule has 0 saturated heterocycles. The first-order valence-electron chi connectivity index (χ1n) is 7.86. The van der Waals surface area contributed by atoms with E-state index in [0.717, 1.165) is 42.6 Å². The van der Waals surface area contributed by atoms with Crippen LogP contribution in [0.25, 0.3) is 0 Å². The molecule has 1 atom stereocenters. The molecule has 0 heterocycles. The minimum absolute atomic E-state index is 0.176. The van der Waals surface area contributed by atoms with Crippen LogP contribution in [0, 0.1) is 5.92 Å². The average molecular weight is 294 g/mol. The van der Waals surface area contributed by atoms with Gasteiger partial charge in [0.1, 0.15) is 5.75 Å². The number of benzene rings is 1. The second-order valence-electron chi connectivity index (χ2n) is 6.45. The summed E-state index contributed by atoms with van der Waals surface area (Å²) >= 11 is 6.49. The van der Waals surface area contributed by atoms with E-state index in [1.165, 1.54) is 42.4 Å². The smallest absolute Gasteiger partial charge is 0.141 e. The van der Waals surface area contributed by atoms with Gasteiger partial charge in [-0.3, -0.25) is 0 Å². The third kappa shape index (κ3) is 3.12. The van der Waals surface area contributed by atoms with Gasteiger partial charge in [-0.05, 0) is 80.5 Å². The highest BCUT2D eigenvalue weighted by Crippen LogP contribution is 2.40. The highest BCUT2D eigenvalue weighted by atomic mass is 35.5. The zero-order valence-corrected chi connectivity index (χ0v) is 13.0. The van der Waals surface area contributed by atoms with Crippen LogP contribution in [-0.2, 0) is 19.3 Å². The lowest BCUT2D eigenvalue weighted by Crippen LogP contribution is -2.20. The summed E-state index contributed by atoms with van der Waals surface area (Å²) in [6.45, 7) is 2.89. The minimum atomic E-state index is 0.176. The van der Waals surface area contributed by atoms with Crippen molar-refractivity contribution in [1.29, 1.82) is 0 Å². The first kappa shape index (κ1) is 14.2. The Morgan fingerprint density at radius 2 is 2.00 bits per heavy atom. The fraction of sp³-hybridized carbons (Fsp3) is 0.647. The lowest BCUT2D eigenvalue weighted by atomic mass is 9.85. The van der Waals surface area contributed by atoms with Crippen molar-refractivity contribution >= 4 is 11.6 Å². The van der Waals surface area contributed by atoms with Crippen LogP contribution in [0.1, 0.15) is 49.3 Å². The van der Waals surface area contributed by atoms with Crippen molar-refractivity contribution in [2.45, 2.75) is 57.9 Å². The number of rotatable bonds is 5. The molecule has 0 bridgehead atoms. The lowest BCUT2D eigenvalue weighted by Gasteiger charge is -2.24. The first-order valence-corrected chi connectivity index (χ1v) is 8.24. The number of nitrogens with two attached hydrogens (primary N) is 1. The standard InChI is InChI=1S/C17H24ClNO/c1-11(19)8-13-9-16(18)17(20-10-12-6-7-12)15-5-3-2-4-14(13)15/h9,11-12H,2-8,10,19H2,1H3. The molecule has 0 radical (unpaired) electrons. The molecule has 0 spiro atoms. The van der Waals surface area contributed by atoms with Crippen LogP contribution >= 0.6 is 11.6 Å². The third-order valence-electron chi connectivity index (χ3n) is 4.35. The van der Waals surface area contributed by atoms with Gasteiger partial charge >= 0.3 is 0 Å². The summed E-state index contributed by atoms with van der Waals surface area (Å²) in [7, 11) is 0. The van der Waals surface area contributed by atoms with Crippen LogP contribution in [0.15, 0.2) is 6.07 Å². The summed E-state index contributed by atoms with van der Waals surface area (Å²) in [6.07, 6.45) is 8.28. The largest absolute Gasteiger partial charge is 0.491 e. The maximum Gasteiger partial charge on any atom is 0.141 e. The quantitative estimate of drug-likeness (QED) is 0.894. The molecule has 1 fully saturated rings. The molecule has 2 N–H and O–H groups in total. The van der Waals surface area contributed by atoms with Crippen molar-refractivity contribution in [3.8, 4) is 5.75 Å². The van der Waals surface area contributed by atoms with Crippen molar-refractivity contribution < 1.29 is 4.74 Å². The van der Waals surface area contributed by atoms with E-state index in [2.05, 4.69) is 13.0 Å². The molecule has 0 amide bonds. The summed E-state index contributed by atoms with van der Waals surface area (Å²) in [4.78, 5) is 0.